The lowest BCUT2D eigenvalue weighted by molar-refractivity contribution is 0.672. The fourth-order valence-electron chi connectivity index (χ4n) is 8.37. The summed E-state index contributed by atoms with van der Waals surface area (Å²) in [5, 5.41) is 9.42. The van der Waals surface area contributed by atoms with Crippen LogP contribution in [0.4, 0.5) is 17.1 Å². The van der Waals surface area contributed by atoms with Crippen molar-refractivity contribution >= 4 is 71.3 Å². The Morgan fingerprint density at radius 1 is 0.304 bits per heavy atom. The minimum atomic E-state index is 0.882. The van der Waals surface area contributed by atoms with Gasteiger partial charge in [-0.15, -0.1) is 0 Å². The molecule has 56 heavy (non-hydrogen) atoms. The lowest BCUT2D eigenvalue weighted by Gasteiger charge is -2.28. The number of rotatable bonds is 6. The molecule has 0 fully saturated rings. The van der Waals surface area contributed by atoms with Gasteiger partial charge in [0.15, 0.2) is 0 Å². The smallest absolute Gasteiger partial charge is 0.143 e. The van der Waals surface area contributed by atoms with E-state index in [1.165, 1.54) is 60.3 Å². The summed E-state index contributed by atoms with van der Waals surface area (Å²) in [4.78, 5) is 2.39. The molecule has 0 aliphatic heterocycles. The Morgan fingerprint density at radius 3 is 1.66 bits per heavy atom. The van der Waals surface area contributed by atoms with E-state index in [9.17, 15) is 0 Å². The zero-order chi connectivity index (χ0) is 37.0. The maximum atomic E-state index is 6.54. The number of benzene rings is 10. The van der Waals surface area contributed by atoms with Crippen molar-refractivity contribution < 1.29 is 4.42 Å². The van der Waals surface area contributed by atoms with Gasteiger partial charge in [0.05, 0.1) is 5.69 Å². The number of hydrogen-bond donors (Lipinski definition) is 0. The standard InChI is InChI=1S/C54H35NO/c1-2-11-39(12-3-1)48-15-8-9-17-52(48)55(47-29-31-53-51(35-47)50-30-27-40-13-6-7-16-49(40)54(50)56-53)46-28-26-44-33-43(24-25-45(44)34-46)38-20-18-37(19-21-38)42-23-22-36-10-4-5-14-41(36)32-42/h1-35H. The normalized spacial score (nSPS) is 11.6. The highest BCUT2D eigenvalue weighted by Gasteiger charge is 2.20. The molecule has 0 atom stereocenters. The topological polar surface area (TPSA) is 16.4 Å². The predicted octanol–water partition coefficient (Wildman–Crippen LogP) is 15.5. The Hall–Kier alpha value is -7.42. The molecule has 0 N–H and O–H groups in total. The first-order valence-corrected chi connectivity index (χ1v) is 19.2. The zero-order valence-corrected chi connectivity index (χ0v) is 30.6. The van der Waals surface area contributed by atoms with E-state index >= 15 is 0 Å². The predicted molar refractivity (Wildman–Crippen MR) is 237 cm³/mol. The molecule has 2 nitrogen and oxygen atoms in total. The summed E-state index contributed by atoms with van der Waals surface area (Å²) in [5.41, 5.74) is 12.3. The van der Waals surface area contributed by atoms with Crippen LogP contribution < -0.4 is 4.90 Å². The fourth-order valence-corrected chi connectivity index (χ4v) is 8.37. The highest BCUT2D eigenvalue weighted by molar-refractivity contribution is 6.15. The highest BCUT2D eigenvalue weighted by Crippen LogP contribution is 2.44. The monoisotopic (exact) mass is 713 g/mol. The second kappa shape index (κ2) is 13.2. The van der Waals surface area contributed by atoms with Gasteiger partial charge in [0.25, 0.3) is 0 Å². The summed E-state index contributed by atoms with van der Waals surface area (Å²) in [6.45, 7) is 0. The minimum absolute atomic E-state index is 0.882. The molecule has 1 heterocycles. The molecule has 0 saturated carbocycles. The van der Waals surface area contributed by atoms with Gasteiger partial charge in [0.1, 0.15) is 11.2 Å². The highest BCUT2D eigenvalue weighted by atomic mass is 16.3. The summed E-state index contributed by atoms with van der Waals surface area (Å²) in [6, 6.07) is 76.6. The molecule has 0 radical (unpaired) electrons. The van der Waals surface area contributed by atoms with Crippen molar-refractivity contribution in [3.63, 3.8) is 0 Å². The second-order valence-corrected chi connectivity index (χ2v) is 14.6. The van der Waals surface area contributed by atoms with Gasteiger partial charge in [-0.3, -0.25) is 0 Å². The van der Waals surface area contributed by atoms with E-state index in [0.717, 1.165) is 44.4 Å². The number of anilines is 3. The van der Waals surface area contributed by atoms with Crippen LogP contribution in [0, 0.1) is 0 Å². The molecule has 262 valence electrons. The van der Waals surface area contributed by atoms with Crippen LogP contribution >= 0.6 is 0 Å². The average Bonchev–Trinajstić information content (AvgIpc) is 3.65. The van der Waals surface area contributed by atoms with E-state index in [-0.39, 0.29) is 0 Å². The van der Waals surface area contributed by atoms with E-state index in [1.807, 2.05) is 0 Å². The number of para-hydroxylation sites is 1. The quantitative estimate of drug-likeness (QED) is 0.171. The molecule has 0 unspecified atom stereocenters. The lowest BCUT2D eigenvalue weighted by Crippen LogP contribution is -2.11. The van der Waals surface area contributed by atoms with Gasteiger partial charge in [-0.05, 0) is 109 Å². The summed E-state index contributed by atoms with van der Waals surface area (Å²) in [6.07, 6.45) is 0. The molecule has 2 heteroatoms. The molecule has 11 aromatic rings. The third-order valence-electron chi connectivity index (χ3n) is 11.2. The third-order valence-corrected chi connectivity index (χ3v) is 11.2. The first-order valence-electron chi connectivity index (χ1n) is 19.2. The Balaban J connectivity index is 1.01. The summed E-state index contributed by atoms with van der Waals surface area (Å²) in [7, 11) is 0. The van der Waals surface area contributed by atoms with E-state index in [2.05, 4.69) is 217 Å². The summed E-state index contributed by atoms with van der Waals surface area (Å²) < 4.78 is 6.54. The van der Waals surface area contributed by atoms with Crippen molar-refractivity contribution in [3.05, 3.63) is 212 Å². The Bertz CT molecular complexity index is 3250. The van der Waals surface area contributed by atoms with Crippen LogP contribution in [-0.4, -0.2) is 0 Å². The molecule has 0 spiro atoms. The van der Waals surface area contributed by atoms with Crippen LogP contribution in [0.1, 0.15) is 0 Å². The SMILES string of the molecule is c1ccc(-c2ccccc2N(c2ccc3cc(-c4ccc(-c5ccc6ccccc6c5)cc4)ccc3c2)c2ccc3oc4c5ccccc5ccc4c3c2)cc1. The molecule has 10 aromatic carbocycles. The number of furan rings is 1. The molecule has 1 aromatic heterocycles. The van der Waals surface area contributed by atoms with Gasteiger partial charge in [-0.1, -0.05) is 158 Å². The second-order valence-electron chi connectivity index (χ2n) is 14.6. The first kappa shape index (κ1) is 32.0. The van der Waals surface area contributed by atoms with E-state index in [1.54, 1.807) is 0 Å². The van der Waals surface area contributed by atoms with E-state index in [4.69, 9.17) is 4.42 Å². The molecule has 0 saturated heterocycles. The van der Waals surface area contributed by atoms with Gasteiger partial charge < -0.3 is 9.32 Å². The van der Waals surface area contributed by atoms with Crippen molar-refractivity contribution in [2.24, 2.45) is 0 Å². The number of nitrogens with zero attached hydrogens (tertiary/aromatic N) is 1. The Morgan fingerprint density at radius 2 is 0.857 bits per heavy atom. The van der Waals surface area contributed by atoms with Crippen LogP contribution in [-0.2, 0) is 0 Å². The largest absolute Gasteiger partial charge is 0.455 e. The number of hydrogen-bond acceptors (Lipinski definition) is 2. The fraction of sp³-hybridized carbons (Fsp3) is 0. The van der Waals surface area contributed by atoms with Gasteiger partial charge in [0.2, 0.25) is 0 Å². The lowest BCUT2D eigenvalue weighted by atomic mass is 9.97. The summed E-state index contributed by atoms with van der Waals surface area (Å²) >= 11 is 0. The Kier molecular flexibility index (Phi) is 7.53. The van der Waals surface area contributed by atoms with Crippen molar-refractivity contribution in [2.75, 3.05) is 4.90 Å². The summed E-state index contributed by atoms with van der Waals surface area (Å²) in [5.74, 6) is 0. The van der Waals surface area contributed by atoms with Crippen molar-refractivity contribution in [1.82, 2.24) is 0 Å². The molecule has 11 rings (SSSR count). The number of fused-ring (bicyclic) bond motifs is 7. The molecule has 0 aliphatic rings. The van der Waals surface area contributed by atoms with Crippen LogP contribution in [0.5, 0.6) is 0 Å². The molecule has 0 aliphatic carbocycles. The van der Waals surface area contributed by atoms with E-state index < -0.39 is 0 Å². The van der Waals surface area contributed by atoms with Crippen molar-refractivity contribution in [1.29, 1.82) is 0 Å². The molecular formula is C54H35NO. The van der Waals surface area contributed by atoms with Crippen LogP contribution in [0.3, 0.4) is 0 Å². The van der Waals surface area contributed by atoms with Gasteiger partial charge in [-0.2, -0.15) is 0 Å². The zero-order valence-electron chi connectivity index (χ0n) is 30.6. The van der Waals surface area contributed by atoms with Crippen molar-refractivity contribution in [2.45, 2.75) is 0 Å². The van der Waals surface area contributed by atoms with Crippen LogP contribution in [0.15, 0.2) is 217 Å². The first-order chi connectivity index (χ1) is 27.7. The molecule has 0 bridgehead atoms. The Labute approximate surface area is 325 Å². The van der Waals surface area contributed by atoms with Gasteiger partial charge in [-0.25, -0.2) is 0 Å². The van der Waals surface area contributed by atoms with Crippen LogP contribution in [0.2, 0.25) is 0 Å². The van der Waals surface area contributed by atoms with Crippen molar-refractivity contribution in [3.8, 4) is 33.4 Å². The van der Waals surface area contributed by atoms with E-state index in [0.29, 0.717) is 0 Å². The maximum absolute atomic E-state index is 6.54. The maximum Gasteiger partial charge on any atom is 0.143 e. The average molecular weight is 714 g/mol. The minimum Gasteiger partial charge on any atom is -0.455 e. The third kappa shape index (κ3) is 5.51. The molecule has 0 amide bonds. The van der Waals surface area contributed by atoms with Gasteiger partial charge >= 0.3 is 0 Å². The van der Waals surface area contributed by atoms with Gasteiger partial charge in [0, 0.05) is 33.1 Å². The molecular weight excluding hydrogens is 679 g/mol. The van der Waals surface area contributed by atoms with Crippen LogP contribution in [0.25, 0.3) is 87.6 Å².